The topological polar surface area (TPSA) is 62.3 Å². The van der Waals surface area contributed by atoms with E-state index in [1.807, 2.05) is 23.1 Å². The lowest BCUT2D eigenvalue weighted by Crippen LogP contribution is -2.41. The number of nitrogens with one attached hydrogen (secondary N) is 1. The van der Waals surface area contributed by atoms with Crippen molar-refractivity contribution >= 4 is 23.4 Å². The van der Waals surface area contributed by atoms with E-state index in [0.29, 0.717) is 25.2 Å². The Hall–Kier alpha value is -2.47. The second-order valence-corrected chi connectivity index (χ2v) is 8.68. The summed E-state index contributed by atoms with van der Waals surface area (Å²) in [6, 6.07) is 9.89. The predicted octanol–water partition coefficient (Wildman–Crippen LogP) is 3.40. The Morgan fingerprint density at radius 2 is 2.03 bits per heavy atom. The molecule has 0 bridgehead atoms. The van der Waals surface area contributed by atoms with Crippen molar-refractivity contribution in [3.63, 3.8) is 0 Å². The zero-order valence-corrected chi connectivity index (χ0v) is 17.5. The Bertz CT molecular complexity index is 929. The number of aromatic nitrogens is 1. The number of hydrogen-bond donors (Lipinski definition) is 1. The smallest absolute Gasteiger partial charge is 0.227 e. The van der Waals surface area contributed by atoms with Crippen molar-refractivity contribution in [2.45, 2.75) is 32.1 Å². The van der Waals surface area contributed by atoms with Crippen LogP contribution >= 0.6 is 11.6 Å². The Balaban J connectivity index is 1.22. The summed E-state index contributed by atoms with van der Waals surface area (Å²) in [6.45, 7) is 1.89. The monoisotopic (exact) mass is 429 g/mol. The van der Waals surface area contributed by atoms with Crippen LogP contribution in [0.1, 0.15) is 30.5 Å². The SMILES string of the molecule is O=C(NCCc1ccccn1)[C@H]1CC12CCN(C(=O)Cc1ccc(F)cc1Cl)CC2. The number of carbonyl (C=O) groups is 2. The predicted molar refractivity (Wildman–Crippen MR) is 112 cm³/mol. The molecule has 0 radical (unpaired) electrons. The van der Waals surface area contributed by atoms with Crippen LogP contribution in [0.5, 0.6) is 0 Å². The fourth-order valence-electron chi connectivity index (χ4n) is 4.40. The number of hydrogen-bond acceptors (Lipinski definition) is 3. The van der Waals surface area contributed by atoms with Gasteiger partial charge in [0.2, 0.25) is 11.8 Å². The third-order valence-electron chi connectivity index (χ3n) is 6.38. The number of amides is 2. The molecule has 5 nitrogen and oxygen atoms in total. The fourth-order valence-corrected chi connectivity index (χ4v) is 4.63. The van der Waals surface area contributed by atoms with Gasteiger partial charge in [0.25, 0.3) is 0 Å². The molecule has 1 N–H and O–H groups in total. The highest BCUT2D eigenvalue weighted by Crippen LogP contribution is 2.59. The molecular formula is C23H25ClFN3O2. The van der Waals surface area contributed by atoms with Gasteiger partial charge in [-0.15, -0.1) is 0 Å². The Morgan fingerprint density at radius 1 is 1.23 bits per heavy atom. The molecular weight excluding hydrogens is 405 g/mol. The van der Waals surface area contributed by atoms with Gasteiger partial charge in [0, 0.05) is 48.9 Å². The van der Waals surface area contributed by atoms with Crippen molar-refractivity contribution in [2.75, 3.05) is 19.6 Å². The van der Waals surface area contributed by atoms with E-state index in [-0.39, 0.29) is 34.6 Å². The molecule has 2 aromatic rings. The largest absolute Gasteiger partial charge is 0.355 e. The van der Waals surface area contributed by atoms with Gasteiger partial charge in [0.15, 0.2) is 0 Å². The van der Waals surface area contributed by atoms with E-state index in [0.717, 1.165) is 31.4 Å². The van der Waals surface area contributed by atoms with Gasteiger partial charge in [0.05, 0.1) is 6.42 Å². The van der Waals surface area contributed by atoms with E-state index in [1.54, 1.807) is 12.3 Å². The molecule has 30 heavy (non-hydrogen) atoms. The molecule has 1 spiro atoms. The van der Waals surface area contributed by atoms with Gasteiger partial charge in [-0.1, -0.05) is 23.7 Å². The van der Waals surface area contributed by atoms with Crippen LogP contribution in [-0.2, 0) is 22.4 Å². The maximum Gasteiger partial charge on any atom is 0.227 e. The molecule has 2 heterocycles. The lowest BCUT2D eigenvalue weighted by atomic mass is 9.90. The van der Waals surface area contributed by atoms with Crippen LogP contribution in [0.15, 0.2) is 42.6 Å². The molecule has 7 heteroatoms. The van der Waals surface area contributed by atoms with Crippen LogP contribution in [0.4, 0.5) is 4.39 Å². The Labute approximate surface area is 180 Å². The maximum atomic E-state index is 13.2. The van der Waals surface area contributed by atoms with Gasteiger partial charge < -0.3 is 10.2 Å². The minimum atomic E-state index is -0.408. The molecule has 1 saturated carbocycles. The van der Waals surface area contributed by atoms with E-state index in [9.17, 15) is 14.0 Å². The molecule has 158 valence electrons. The molecule has 0 unspecified atom stereocenters. The van der Waals surface area contributed by atoms with Gasteiger partial charge in [-0.25, -0.2) is 4.39 Å². The van der Waals surface area contributed by atoms with Crippen LogP contribution in [0.3, 0.4) is 0 Å². The van der Waals surface area contributed by atoms with Gasteiger partial charge in [-0.05, 0) is 54.5 Å². The first-order valence-electron chi connectivity index (χ1n) is 10.4. The third-order valence-corrected chi connectivity index (χ3v) is 6.73. The molecule has 1 aromatic heterocycles. The first-order chi connectivity index (χ1) is 14.5. The lowest BCUT2D eigenvalue weighted by Gasteiger charge is -2.33. The highest BCUT2D eigenvalue weighted by atomic mass is 35.5. The molecule has 4 rings (SSSR count). The summed E-state index contributed by atoms with van der Waals surface area (Å²) in [5.74, 6) is -0.251. The number of rotatable bonds is 6. The number of halogens is 2. The molecule has 1 saturated heterocycles. The van der Waals surface area contributed by atoms with Crippen molar-refractivity contribution in [1.82, 2.24) is 15.2 Å². The number of nitrogens with zero attached hydrogens (tertiary/aromatic N) is 2. The highest BCUT2D eigenvalue weighted by molar-refractivity contribution is 6.31. The molecule has 2 aliphatic rings. The van der Waals surface area contributed by atoms with Crippen LogP contribution in [0.25, 0.3) is 0 Å². The zero-order chi connectivity index (χ0) is 21.1. The van der Waals surface area contributed by atoms with Crippen LogP contribution in [0.2, 0.25) is 5.02 Å². The molecule has 1 atom stereocenters. The minimum Gasteiger partial charge on any atom is -0.355 e. The molecule has 1 aliphatic heterocycles. The van der Waals surface area contributed by atoms with Gasteiger partial charge in [-0.3, -0.25) is 14.6 Å². The summed E-state index contributed by atoms with van der Waals surface area (Å²) in [5, 5.41) is 3.32. The molecule has 1 aliphatic carbocycles. The van der Waals surface area contributed by atoms with Gasteiger partial charge in [0.1, 0.15) is 5.82 Å². The highest BCUT2D eigenvalue weighted by Gasteiger charge is 2.58. The number of piperidine rings is 1. The normalized spacial score (nSPS) is 19.5. The van der Waals surface area contributed by atoms with Crippen molar-refractivity contribution < 1.29 is 14.0 Å². The second-order valence-electron chi connectivity index (χ2n) is 8.27. The van der Waals surface area contributed by atoms with Gasteiger partial charge in [-0.2, -0.15) is 0 Å². The van der Waals surface area contributed by atoms with Crippen LogP contribution in [0, 0.1) is 17.2 Å². The average molecular weight is 430 g/mol. The van der Waals surface area contributed by atoms with E-state index in [2.05, 4.69) is 10.3 Å². The zero-order valence-electron chi connectivity index (χ0n) is 16.7. The third kappa shape index (κ3) is 4.64. The van der Waals surface area contributed by atoms with Gasteiger partial charge >= 0.3 is 0 Å². The van der Waals surface area contributed by atoms with Crippen molar-refractivity contribution in [2.24, 2.45) is 11.3 Å². The van der Waals surface area contributed by atoms with E-state index < -0.39 is 5.82 Å². The summed E-state index contributed by atoms with van der Waals surface area (Å²) in [6.07, 6.45) is 5.23. The number of carbonyl (C=O) groups excluding carboxylic acids is 2. The summed E-state index contributed by atoms with van der Waals surface area (Å²) in [7, 11) is 0. The number of benzene rings is 1. The maximum absolute atomic E-state index is 13.2. The minimum absolute atomic E-state index is 0.00429. The average Bonchev–Trinajstić information content (AvgIpc) is 3.44. The van der Waals surface area contributed by atoms with E-state index >= 15 is 0 Å². The van der Waals surface area contributed by atoms with E-state index in [1.165, 1.54) is 12.1 Å². The van der Waals surface area contributed by atoms with Crippen LogP contribution < -0.4 is 5.32 Å². The summed E-state index contributed by atoms with van der Waals surface area (Å²) < 4.78 is 13.2. The van der Waals surface area contributed by atoms with Crippen molar-refractivity contribution in [1.29, 1.82) is 0 Å². The lowest BCUT2D eigenvalue weighted by molar-refractivity contribution is -0.132. The molecule has 2 fully saturated rings. The fraction of sp³-hybridized carbons (Fsp3) is 0.435. The van der Waals surface area contributed by atoms with Crippen molar-refractivity contribution in [3.05, 3.63) is 64.7 Å². The molecule has 2 amide bonds. The first-order valence-corrected chi connectivity index (χ1v) is 10.7. The molecule has 1 aromatic carbocycles. The Kier molecular flexibility index (Phi) is 6.04. The first kappa shape index (κ1) is 20.8. The number of pyridine rings is 1. The summed E-state index contributed by atoms with van der Waals surface area (Å²) in [5.41, 5.74) is 1.65. The quantitative estimate of drug-likeness (QED) is 0.765. The van der Waals surface area contributed by atoms with E-state index in [4.69, 9.17) is 11.6 Å². The van der Waals surface area contributed by atoms with Crippen molar-refractivity contribution in [3.8, 4) is 0 Å². The van der Waals surface area contributed by atoms with Crippen LogP contribution in [-0.4, -0.2) is 41.3 Å². The Morgan fingerprint density at radius 3 is 2.73 bits per heavy atom. The summed E-state index contributed by atoms with van der Waals surface area (Å²) in [4.78, 5) is 31.2. The summed E-state index contributed by atoms with van der Waals surface area (Å²) >= 11 is 6.04. The second kappa shape index (κ2) is 8.72. The number of likely N-dealkylation sites (tertiary alicyclic amines) is 1. The standard InChI is InChI=1S/C23H25ClFN3O2/c24-20-14-17(25)5-4-16(20)13-21(29)28-11-7-23(8-12-28)15-19(23)22(30)27-10-6-18-3-1-2-9-26-18/h1-5,9,14,19H,6-8,10-13,15H2,(H,27,30)/t19-/m1/s1.